The van der Waals surface area contributed by atoms with Gasteiger partial charge in [-0.2, -0.15) is 0 Å². The fourth-order valence-corrected chi connectivity index (χ4v) is 13.9. The topological polar surface area (TPSA) is 6.48 Å². The number of benzene rings is 14. The maximum atomic E-state index is 2.53. The number of rotatable bonds is 12. The van der Waals surface area contributed by atoms with Gasteiger partial charge in [0.25, 0.3) is 0 Å². The van der Waals surface area contributed by atoms with Gasteiger partial charge in [-0.05, 0) is 167 Å². The molecule has 1 spiro atoms. The first-order valence-electron chi connectivity index (χ1n) is 30.1. The Hall–Kier alpha value is -11.3. The lowest BCUT2D eigenvalue weighted by Gasteiger charge is -2.33. The fraction of sp³-hybridized carbons (Fsp3) is 0.0118. The summed E-state index contributed by atoms with van der Waals surface area (Å²) in [4.78, 5) is 4.95. The minimum absolute atomic E-state index is 0.582. The predicted molar refractivity (Wildman–Crippen MR) is 365 cm³/mol. The van der Waals surface area contributed by atoms with Crippen molar-refractivity contribution < 1.29 is 0 Å². The van der Waals surface area contributed by atoms with Crippen LogP contribution in [0.3, 0.4) is 0 Å². The Labute approximate surface area is 509 Å². The van der Waals surface area contributed by atoms with Crippen LogP contribution in [0, 0.1) is 0 Å². The van der Waals surface area contributed by atoms with Gasteiger partial charge in [0, 0.05) is 33.9 Å². The van der Waals surface area contributed by atoms with Crippen LogP contribution in [-0.2, 0) is 5.41 Å². The third kappa shape index (κ3) is 8.89. The highest BCUT2D eigenvalue weighted by Crippen LogP contribution is 2.64. The molecule has 14 aromatic carbocycles. The molecule has 0 radical (unpaired) electrons. The van der Waals surface area contributed by atoms with E-state index >= 15 is 0 Å². The van der Waals surface area contributed by atoms with E-state index < -0.39 is 5.41 Å². The molecule has 2 heteroatoms. The summed E-state index contributed by atoms with van der Waals surface area (Å²) >= 11 is 0. The van der Waals surface area contributed by atoms with Gasteiger partial charge in [-0.3, -0.25) is 0 Å². The van der Waals surface area contributed by atoms with Gasteiger partial charge in [-0.15, -0.1) is 0 Å². The van der Waals surface area contributed by atoms with E-state index in [4.69, 9.17) is 0 Å². The minimum Gasteiger partial charge on any atom is -0.310 e. The molecule has 1 unspecified atom stereocenters. The van der Waals surface area contributed by atoms with Gasteiger partial charge in [0.2, 0.25) is 0 Å². The monoisotopic (exact) mass is 1110 g/mol. The van der Waals surface area contributed by atoms with E-state index in [0.717, 1.165) is 78.6 Å². The molecule has 87 heavy (non-hydrogen) atoms. The smallest absolute Gasteiger partial charge is 0.0725 e. The molecule has 0 saturated carbocycles. The molecule has 0 saturated heterocycles. The van der Waals surface area contributed by atoms with Crippen LogP contribution in [0.2, 0.25) is 0 Å². The van der Waals surface area contributed by atoms with Gasteiger partial charge in [-0.25, -0.2) is 0 Å². The molecule has 16 rings (SSSR count). The van der Waals surface area contributed by atoms with Crippen molar-refractivity contribution >= 4 is 34.1 Å². The molecule has 2 aliphatic carbocycles. The Kier molecular flexibility index (Phi) is 12.8. The number of para-hydroxylation sites is 2. The van der Waals surface area contributed by atoms with E-state index in [1.165, 1.54) is 66.8 Å². The summed E-state index contributed by atoms with van der Waals surface area (Å²) in [5.74, 6) is 0. The molecule has 0 fully saturated rings. The van der Waals surface area contributed by atoms with E-state index in [1.807, 2.05) is 0 Å². The second-order valence-electron chi connectivity index (χ2n) is 22.7. The molecule has 14 aromatic rings. The van der Waals surface area contributed by atoms with Crippen LogP contribution >= 0.6 is 0 Å². The molecule has 2 nitrogen and oxygen atoms in total. The molecule has 0 heterocycles. The van der Waals surface area contributed by atoms with Gasteiger partial charge < -0.3 is 9.80 Å². The van der Waals surface area contributed by atoms with E-state index in [9.17, 15) is 0 Å². The molecule has 1 atom stereocenters. The highest BCUT2D eigenvalue weighted by atomic mass is 15.2. The largest absolute Gasteiger partial charge is 0.310 e. The molecule has 0 aliphatic heterocycles. The molecule has 408 valence electrons. The van der Waals surface area contributed by atoms with Crippen LogP contribution in [-0.4, -0.2) is 0 Å². The predicted octanol–water partition coefficient (Wildman–Crippen LogP) is 23.0. The van der Waals surface area contributed by atoms with Crippen LogP contribution < -0.4 is 9.80 Å². The van der Waals surface area contributed by atoms with Gasteiger partial charge in [0.1, 0.15) is 0 Å². The van der Waals surface area contributed by atoms with Gasteiger partial charge in [-0.1, -0.05) is 285 Å². The normalized spacial score (nSPS) is 13.3. The summed E-state index contributed by atoms with van der Waals surface area (Å²) < 4.78 is 0. The van der Waals surface area contributed by atoms with Gasteiger partial charge in [0.15, 0.2) is 0 Å². The zero-order valence-electron chi connectivity index (χ0n) is 47.9. The fourth-order valence-electron chi connectivity index (χ4n) is 13.9. The summed E-state index contributed by atoms with van der Waals surface area (Å²) in [6.45, 7) is 0. The van der Waals surface area contributed by atoms with Crippen molar-refractivity contribution in [3.05, 3.63) is 374 Å². The van der Waals surface area contributed by atoms with Crippen LogP contribution in [0.4, 0.5) is 34.1 Å². The maximum Gasteiger partial charge on any atom is 0.0725 e. The number of nitrogens with zero attached hydrogens (tertiary/aromatic N) is 2. The van der Waals surface area contributed by atoms with E-state index in [0.29, 0.717) is 0 Å². The van der Waals surface area contributed by atoms with Crippen molar-refractivity contribution in [2.75, 3.05) is 9.80 Å². The first kappa shape index (κ1) is 51.3. The average molecular weight is 1110 g/mol. The summed E-state index contributed by atoms with van der Waals surface area (Å²) in [5.41, 5.74) is 29.8. The Balaban J connectivity index is 0.976. The highest BCUT2D eigenvalue weighted by molar-refractivity contribution is 5.99. The third-order valence-corrected chi connectivity index (χ3v) is 17.9. The molecular formula is C85H58N2. The van der Waals surface area contributed by atoms with Crippen LogP contribution in [0.1, 0.15) is 22.3 Å². The number of hydrogen-bond acceptors (Lipinski definition) is 2. The second-order valence-corrected chi connectivity index (χ2v) is 22.7. The Morgan fingerprint density at radius 3 is 0.851 bits per heavy atom. The maximum absolute atomic E-state index is 2.53. The van der Waals surface area contributed by atoms with E-state index in [2.05, 4.69) is 362 Å². The van der Waals surface area contributed by atoms with Crippen molar-refractivity contribution in [1.29, 1.82) is 0 Å². The molecule has 2 aliphatic rings. The van der Waals surface area contributed by atoms with E-state index in [1.54, 1.807) is 0 Å². The first-order valence-corrected chi connectivity index (χ1v) is 30.1. The Morgan fingerprint density at radius 2 is 0.448 bits per heavy atom. The zero-order valence-corrected chi connectivity index (χ0v) is 47.9. The molecule has 0 bridgehead atoms. The molecule has 0 N–H and O–H groups in total. The van der Waals surface area contributed by atoms with Crippen LogP contribution in [0.5, 0.6) is 0 Å². The van der Waals surface area contributed by atoms with Crippen LogP contribution in [0.15, 0.2) is 352 Å². The van der Waals surface area contributed by atoms with Crippen molar-refractivity contribution in [2.24, 2.45) is 0 Å². The highest BCUT2D eigenvalue weighted by Gasteiger charge is 2.52. The van der Waals surface area contributed by atoms with Crippen molar-refractivity contribution in [3.63, 3.8) is 0 Å². The number of hydrogen-bond donors (Lipinski definition) is 0. The van der Waals surface area contributed by atoms with Crippen LogP contribution in [0.25, 0.3) is 89.0 Å². The Bertz CT molecular complexity index is 4630. The lowest BCUT2D eigenvalue weighted by molar-refractivity contribution is 0.794. The summed E-state index contributed by atoms with van der Waals surface area (Å²) in [5, 5.41) is 0. The number of fused-ring (bicyclic) bond motifs is 10. The Morgan fingerprint density at radius 1 is 0.161 bits per heavy atom. The zero-order chi connectivity index (χ0) is 57.7. The lowest BCUT2D eigenvalue weighted by Crippen LogP contribution is -2.26. The lowest BCUT2D eigenvalue weighted by atomic mass is 9.70. The third-order valence-electron chi connectivity index (χ3n) is 17.9. The summed E-state index contributed by atoms with van der Waals surface area (Å²) in [6.07, 6.45) is 0. The summed E-state index contributed by atoms with van der Waals surface area (Å²) in [7, 11) is 0. The molecule has 0 amide bonds. The molecular weight excluding hydrogens is 1050 g/mol. The number of anilines is 6. The van der Waals surface area contributed by atoms with Crippen molar-refractivity contribution in [3.8, 4) is 89.0 Å². The quantitative estimate of drug-likeness (QED) is 0.120. The minimum atomic E-state index is -0.582. The van der Waals surface area contributed by atoms with Crippen molar-refractivity contribution in [2.45, 2.75) is 5.41 Å². The second kappa shape index (κ2) is 21.7. The first-order chi connectivity index (χ1) is 43.2. The van der Waals surface area contributed by atoms with Gasteiger partial charge >= 0.3 is 0 Å². The SMILES string of the molecule is c1ccc(-c2ccc(N(c3cc(-c4ccc5c(c4)C4(c6ccccc6-c6ccc(-c7ccccc7)cc64)c4ccccc4-5)cc(N(c4ccc(-c5ccccc5)cc4)c4ccccc4-c4ccccc4)c3)c3ccccc3-c3ccccc3)cc2)cc1. The summed E-state index contributed by atoms with van der Waals surface area (Å²) in [6, 6.07) is 130. The standard InChI is InChI=1S/C85H58N2/c1-6-24-59(25-7-1)62-42-48-69(49-43-62)86(83-40-22-18-34-73(83)64-30-12-4-13-31-64)71-54-68(55-72(58-71)87(70-50-44-63(45-51-70)60-26-8-2-9-27-60)84-41-23-19-35-74(84)65-32-14-5-15-33-65)67-47-53-78-76-37-17-21-39-80(76)85(82(78)57-67)79-38-20-16-36-75(79)77-52-46-66(56-81(77)85)61-28-10-3-11-29-61/h1-58H. The molecule has 0 aromatic heterocycles. The average Bonchev–Trinajstić information content (AvgIpc) is 1.54. The van der Waals surface area contributed by atoms with Crippen molar-refractivity contribution in [1.82, 2.24) is 0 Å². The van der Waals surface area contributed by atoms with Gasteiger partial charge in [0.05, 0.1) is 16.8 Å². The van der Waals surface area contributed by atoms with E-state index in [-0.39, 0.29) is 0 Å².